The molecule has 2 aromatic rings. The molecule has 100 valence electrons. The Balaban J connectivity index is 2.06. The zero-order valence-corrected chi connectivity index (χ0v) is 11.5. The van der Waals surface area contributed by atoms with Crippen LogP contribution in [0.25, 0.3) is 0 Å². The van der Waals surface area contributed by atoms with Gasteiger partial charge in [-0.25, -0.2) is 9.97 Å². The van der Waals surface area contributed by atoms with Crippen LogP contribution in [-0.2, 0) is 13.1 Å². The monoisotopic (exact) mass is 256 g/mol. The molecule has 4 nitrogen and oxygen atoms in total. The van der Waals surface area contributed by atoms with Crippen molar-refractivity contribution in [3.8, 4) is 0 Å². The Morgan fingerprint density at radius 3 is 2.47 bits per heavy atom. The summed E-state index contributed by atoms with van der Waals surface area (Å²) in [5.74, 6) is 1.33. The number of rotatable bonds is 5. The van der Waals surface area contributed by atoms with E-state index in [9.17, 15) is 0 Å². The van der Waals surface area contributed by atoms with Crippen molar-refractivity contribution < 1.29 is 0 Å². The topological polar surface area (TPSA) is 55.0 Å². The van der Waals surface area contributed by atoms with E-state index in [2.05, 4.69) is 46.1 Å². The predicted octanol–water partition coefficient (Wildman–Crippen LogP) is 2.39. The minimum Gasteiger partial charge on any atom is -0.384 e. The molecule has 0 amide bonds. The molecular formula is C15H20N4. The molecule has 0 aliphatic carbocycles. The van der Waals surface area contributed by atoms with Crippen LogP contribution in [0.4, 0.5) is 5.82 Å². The van der Waals surface area contributed by atoms with Gasteiger partial charge in [-0.2, -0.15) is 0 Å². The van der Waals surface area contributed by atoms with Crippen molar-refractivity contribution in [3.63, 3.8) is 0 Å². The van der Waals surface area contributed by atoms with Gasteiger partial charge >= 0.3 is 0 Å². The first-order chi connectivity index (χ1) is 9.17. The van der Waals surface area contributed by atoms with E-state index in [1.54, 1.807) is 6.07 Å². The third kappa shape index (κ3) is 4.03. The molecule has 0 spiro atoms. The van der Waals surface area contributed by atoms with Crippen LogP contribution in [-0.4, -0.2) is 21.4 Å². The summed E-state index contributed by atoms with van der Waals surface area (Å²) in [5, 5.41) is 0. The smallest absolute Gasteiger partial charge is 0.144 e. The van der Waals surface area contributed by atoms with Crippen molar-refractivity contribution in [1.82, 2.24) is 14.9 Å². The lowest BCUT2D eigenvalue weighted by atomic mass is 10.2. The van der Waals surface area contributed by atoms with E-state index in [1.165, 1.54) is 5.56 Å². The fourth-order valence-corrected chi connectivity index (χ4v) is 2.05. The molecule has 0 radical (unpaired) electrons. The van der Waals surface area contributed by atoms with Crippen LogP contribution in [0.3, 0.4) is 0 Å². The van der Waals surface area contributed by atoms with E-state index in [4.69, 9.17) is 5.73 Å². The molecule has 19 heavy (non-hydrogen) atoms. The van der Waals surface area contributed by atoms with E-state index < -0.39 is 0 Å². The number of aromatic nitrogens is 2. The maximum Gasteiger partial charge on any atom is 0.144 e. The minimum absolute atomic E-state index is 0.540. The number of hydrogen-bond donors (Lipinski definition) is 1. The van der Waals surface area contributed by atoms with Crippen LogP contribution in [0, 0.1) is 6.92 Å². The first-order valence-electron chi connectivity index (χ1n) is 6.53. The highest BCUT2D eigenvalue weighted by atomic mass is 15.1. The van der Waals surface area contributed by atoms with Crippen molar-refractivity contribution in [3.05, 3.63) is 53.5 Å². The van der Waals surface area contributed by atoms with Crippen LogP contribution >= 0.6 is 0 Å². The van der Waals surface area contributed by atoms with Crippen LogP contribution < -0.4 is 5.73 Å². The maximum absolute atomic E-state index is 5.76. The third-order valence-electron chi connectivity index (χ3n) is 2.98. The van der Waals surface area contributed by atoms with Gasteiger partial charge in [-0.15, -0.1) is 0 Å². The maximum atomic E-state index is 5.76. The number of nitrogens with two attached hydrogens (primary N) is 1. The van der Waals surface area contributed by atoms with E-state index >= 15 is 0 Å². The summed E-state index contributed by atoms with van der Waals surface area (Å²) < 4.78 is 0. The molecule has 1 aromatic carbocycles. The van der Waals surface area contributed by atoms with E-state index in [0.29, 0.717) is 5.82 Å². The van der Waals surface area contributed by atoms with E-state index in [-0.39, 0.29) is 0 Å². The summed E-state index contributed by atoms with van der Waals surface area (Å²) in [6, 6.07) is 12.2. The van der Waals surface area contributed by atoms with E-state index in [1.807, 2.05) is 13.0 Å². The SMILES string of the molecule is CCN(Cc1ccccc1)Cc1nc(C)cc(N)n1. The first-order valence-corrected chi connectivity index (χ1v) is 6.53. The summed E-state index contributed by atoms with van der Waals surface area (Å²) in [6.07, 6.45) is 0. The minimum atomic E-state index is 0.540. The quantitative estimate of drug-likeness (QED) is 0.892. The number of anilines is 1. The Kier molecular flexibility index (Phi) is 4.47. The summed E-state index contributed by atoms with van der Waals surface area (Å²) in [5.41, 5.74) is 7.97. The van der Waals surface area contributed by atoms with Gasteiger partial charge in [0.05, 0.1) is 6.54 Å². The van der Waals surface area contributed by atoms with Gasteiger partial charge in [-0.05, 0) is 19.0 Å². The van der Waals surface area contributed by atoms with Crippen LogP contribution in [0.1, 0.15) is 24.0 Å². The summed E-state index contributed by atoms with van der Waals surface area (Å²) in [6.45, 7) is 6.65. The second-order valence-corrected chi connectivity index (χ2v) is 4.64. The Hall–Kier alpha value is -1.94. The van der Waals surface area contributed by atoms with Crippen LogP contribution in [0.15, 0.2) is 36.4 Å². The molecule has 1 heterocycles. The van der Waals surface area contributed by atoms with Gasteiger partial charge in [0.1, 0.15) is 11.6 Å². The van der Waals surface area contributed by atoms with Gasteiger partial charge in [-0.1, -0.05) is 37.3 Å². The molecule has 0 aliphatic rings. The Morgan fingerprint density at radius 1 is 1.11 bits per heavy atom. The van der Waals surface area contributed by atoms with Crippen molar-refractivity contribution >= 4 is 5.82 Å². The fourth-order valence-electron chi connectivity index (χ4n) is 2.05. The molecule has 0 unspecified atom stereocenters. The van der Waals surface area contributed by atoms with Crippen LogP contribution in [0.2, 0.25) is 0 Å². The Bertz CT molecular complexity index is 505. The number of aryl methyl sites for hydroxylation is 1. The molecule has 0 saturated carbocycles. The Morgan fingerprint density at radius 2 is 1.84 bits per heavy atom. The molecule has 0 atom stereocenters. The normalized spacial score (nSPS) is 10.9. The average molecular weight is 256 g/mol. The third-order valence-corrected chi connectivity index (χ3v) is 2.98. The highest BCUT2D eigenvalue weighted by molar-refractivity contribution is 5.29. The van der Waals surface area contributed by atoms with Gasteiger partial charge in [0.25, 0.3) is 0 Å². The number of benzene rings is 1. The number of nitrogen functional groups attached to an aromatic ring is 1. The van der Waals surface area contributed by atoms with Gasteiger partial charge in [0.2, 0.25) is 0 Å². The van der Waals surface area contributed by atoms with Crippen molar-refractivity contribution in [2.45, 2.75) is 26.9 Å². The van der Waals surface area contributed by atoms with Gasteiger partial charge < -0.3 is 5.73 Å². The fraction of sp³-hybridized carbons (Fsp3) is 0.333. The Labute approximate surface area is 114 Å². The lowest BCUT2D eigenvalue weighted by Gasteiger charge is -2.19. The van der Waals surface area contributed by atoms with Crippen LogP contribution in [0.5, 0.6) is 0 Å². The van der Waals surface area contributed by atoms with Crippen molar-refractivity contribution in [2.24, 2.45) is 0 Å². The summed E-state index contributed by atoms with van der Waals surface area (Å²) in [4.78, 5) is 11.0. The van der Waals surface area contributed by atoms with Crippen molar-refractivity contribution in [2.75, 3.05) is 12.3 Å². The largest absolute Gasteiger partial charge is 0.384 e. The first kappa shape index (κ1) is 13.5. The summed E-state index contributed by atoms with van der Waals surface area (Å²) in [7, 11) is 0. The lowest BCUT2D eigenvalue weighted by Crippen LogP contribution is -2.23. The molecule has 0 saturated heterocycles. The zero-order chi connectivity index (χ0) is 13.7. The van der Waals surface area contributed by atoms with E-state index in [0.717, 1.165) is 31.2 Å². The molecule has 2 rings (SSSR count). The lowest BCUT2D eigenvalue weighted by molar-refractivity contribution is 0.264. The van der Waals surface area contributed by atoms with Crippen molar-refractivity contribution in [1.29, 1.82) is 0 Å². The highest BCUT2D eigenvalue weighted by Gasteiger charge is 2.08. The molecule has 1 aromatic heterocycles. The average Bonchev–Trinajstić information content (AvgIpc) is 2.38. The standard InChI is InChI=1S/C15H20N4/c1-3-19(10-13-7-5-4-6-8-13)11-15-17-12(2)9-14(16)18-15/h4-9H,3,10-11H2,1-2H3,(H2,16,17,18). The number of nitrogens with zero attached hydrogens (tertiary/aromatic N) is 3. The molecule has 2 N–H and O–H groups in total. The predicted molar refractivity (Wildman–Crippen MR) is 77.4 cm³/mol. The summed E-state index contributed by atoms with van der Waals surface area (Å²) >= 11 is 0. The number of hydrogen-bond acceptors (Lipinski definition) is 4. The second kappa shape index (κ2) is 6.29. The molecule has 4 heteroatoms. The second-order valence-electron chi connectivity index (χ2n) is 4.64. The van der Waals surface area contributed by atoms with Gasteiger partial charge in [-0.3, -0.25) is 4.90 Å². The molecule has 0 fully saturated rings. The molecular weight excluding hydrogens is 236 g/mol. The van der Waals surface area contributed by atoms with Gasteiger partial charge in [0.15, 0.2) is 0 Å². The van der Waals surface area contributed by atoms with Gasteiger partial charge in [0, 0.05) is 18.3 Å². The highest BCUT2D eigenvalue weighted by Crippen LogP contribution is 2.09. The zero-order valence-electron chi connectivity index (χ0n) is 11.5. The molecule has 0 bridgehead atoms. The molecule has 0 aliphatic heterocycles.